The quantitative estimate of drug-likeness (QED) is 0.276. The number of aromatic hydroxyl groups is 1. The van der Waals surface area contributed by atoms with Gasteiger partial charge in [-0.15, -0.1) is 6.58 Å². The van der Waals surface area contributed by atoms with Gasteiger partial charge < -0.3 is 15.3 Å². The average Bonchev–Trinajstić information content (AvgIpc) is 3.10. The number of carboxylic acids is 1. The number of hydrogen-bond donors (Lipinski definition) is 3. The molecule has 3 aliphatic carbocycles. The predicted octanol–water partition coefficient (Wildman–Crippen LogP) is 6.99. The van der Waals surface area contributed by atoms with E-state index >= 15 is 0 Å². The molecule has 4 heteroatoms. The molecule has 2 saturated carbocycles. The van der Waals surface area contributed by atoms with Gasteiger partial charge >= 0.3 is 5.97 Å². The molecule has 1 aromatic carbocycles. The number of unbranched alkanes of at least 4 members (excludes halogenated alkanes) is 6. The van der Waals surface area contributed by atoms with Crippen LogP contribution in [0.15, 0.2) is 30.9 Å². The molecule has 4 nitrogen and oxygen atoms in total. The Morgan fingerprint density at radius 3 is 2.55 bits per heavy atom. The van der Waals surface area contributed by atoms with Gasteiger partial charge in [0.1, 0.15) is 5.75 Å². The zero-order valence-electron chi connectivity index (χ0n) is 20.5. The lowest BCUT2D eigenvalue weighted by atomic mass is 9.55. The van der Waals surface area contributed by atoms with Crippen LogP contribution in [-0.2, 0) is 11.2 Å². The maximum Gasteiger partial charge on any atom is 0.303 e. The number of hydrogen-bond acceptors (Lipinski definition) is 3. The summed E-state index contributed by atoms with van der Waals surface area (Å²) in [6.07, 6.45) is 16.9. The van der Waals surface area contributed by atoms with E-state index in [1.54, 1.807) is 0 Å². The summed E-state index contributed by atoms with van der Waals surface area (Å²) in [6, 6.07) is 5.96. The van der Waals surface area contributed by atoms with Gasteiger partial charge in [-0.25, -0.2) is 0 Å². The first-order chi connectivity index (χ1) is 15.9. The number of carboxylic acid groups (broad SMARTS) is 1. The molecule has 2 fully saturated rings. The van der Waals surface area contributed by atoms with Gasteiger partial charge in [0, 0.05) is 6.42 Å². The van der Waals surface area contributed by atoms with Crippen molar-refractivity contribution in [1.82, 2.24) is 0 Å². The van der Waals surface area contributed by atoms with Crippen molar-refractivity contribution < 1.29 is 20.1 Å². The van der Waals surface area contributed by atoms with Gasteiger partial charge in [0.2, 0.25) is 0 Å². The molecule has 0 radical (unpaired) electrons. The Morgan fingerprint density at radius 2 is 1.82 bits per heavy atom. The van der Waals surface area contributed by atoms with Gasteiger partial charge in [0.05, 0.1) is 6.10 Å². The van der Waals surface area contributed by atoms with Gasteiger partial charge in [-0.2, -0.15) is 0 Å². The first-order valence-corrected chi connectivity index (χ1v) is 13.2. The monoisotopic (exact) mass is 456 g/mol. The number of aliphatic carboxylic acids is 1. The van der Waals surface area contributed by atoms with Gasteiger partial charge in [-0.3, -0.25) is 4.79 Å². The van der Waals surface area contributed by atoms with E-state index < -0.39 is 5.97 Å². The minimum Gasteiger partial charge on any atom is -0.508 e. The SMILES string of the molecule is C=CCCCCCCCCC(=O)O.C[C@]12CC[C@@H]3c4ccc(O)cc4CC[C@H]3[C@@H]1CCC2O. The maximum atomic E-state index is 10.4. The Bertz CT molecular complexity index is 788. The van der Waals surface area contributed by atoms with E-state index in [1.807, 2.05) is 18.2 Å². The first kappa shape index (κ1) is 25.8. The molecular formula is C29H44O4. The van der Waals surface area contributed by atoms with Crippen molar-refractivity contribution in [1.29, 1.82) is 0 Å². The van der Waals surface area contributed by atoms with Crippen LogP contribution in [0.5, 0.6) is 5.75 Å². The highest BCUT2D eigenvalue weighted by atomic mass is 16.4. The molecule has 3 aliphatic rings. The Balaban J connectivity index is 0.000000207. The number of phenolic OH excluding ortho intramolecular Hbond substituents is 1. The van der Waals surface area contributed by atoms with Gasteiger partial charge in [0.25, 0.3) is 0 Å². The van der Waals surface area contributed by atoms with Crippen LogP contribution < -0.4 is 0 Å². The van der Waals surface area contributed by atoms with Crippen LogP contribution in [0.25, 0.3) is 0 Å². The molecule has 0 aromatic heterocycles. The van der Waals surface area contributed by atoms with Crippen LogP contribution in [0.1, 0.15) is 107 Å². The highest BCUT2D eigenvalue weighted by Crippen LogP contribution is 2.60. The molecule has 3 N–H and O–H groups in total. The second-order valence-electron chi connectivity index (χ2n) is 10.8. The largest absolute Gasteiger partial charge is 0.508 e. The van der Waals surface area contributed by atoms with Crippen LogP contribution in [0.4, 0.5) is 0 Å². The van der Waals surface area contributed by atoms with E-state index in [4.69, 9.17) is 5.11 Å². The summed E-state index contributed by atoms with van der Waals surface area (Å²) in [5.41, 5.74) is 2.99. The zero-order valence-corrected chi connectivity index (χ0v) is 20.5. The number of phenols is 1. The summed E-state index contributed by atoms with van der Waals surface area (Å²) in [5, 5.41) is 28.4. The van der Waals surface area contributed by atoms with Crippen LogP contribution in [-0.4, -0.2) is 27.4 Å². The standard InChI is InChI=1S/C18H24O2.C11H20O2/c1-18-9-8-14-13-5-3-12(19)10-11(13)2-4-15(14)16(18)6-7-17(18)20;1-2-3-4-5-6-7-8-9-10-11(12)13/h3,5,10,14-17,19-20H,2,4,6-9H2,1H3;2H,1,3-10H2,(H,12,13)/t14-,15-,16+,17?,18+;/m1./s1. The Hall–Kier alpha value is -1.81. The molecule has 0 amide bonds. The molecule has 4 rings (SSSR count). The normalized spacial score (nSPS) is 29.8. The summed E-state index contributed by atoms with van der Waals surface area (Å²) in [7, 11) is 0. The molecule has 0 bridgehead atoms. The molecule has 0 aliphatic heterocycles. The summed E-state index contributed by atoms with van der Waals surface area (Å²) in [4.78, 5) is 10.2. The van der Waals surface area contributed by atoms with Gasteiger partial charge in [-0.05, 0) is 104 Å². The van der Waals surface area contributed by atoms with Crippen LogP contribution in [0.3, 0.4) is 0 Å². The van der Waals surface area contributed by atoms with E-state index in [9.17, 15) is 15.0 Å². The van der Waals surface area contributed by atoms with Gasteiger partial charge in [-0.1, -0.05) is 44.7 Å². The van der Waals surface area contributed by atoms with E-state index in [2.05, 4.69) is 19.6 Å². The smallest absolute Gasteiger partial charge is 0.303 e. The number of fused-ring (bicyclic) bond motifs is 5. The molecule has 1 aromatic rings. The lowest BCUT2D eigenvalue weighted by Gasteiger charge is -2.50. The number of allylic oxidation sites excluding steroid dienone is 1. The lowest BCUT2D eigenvalue weighted by molar-refractivity contribution is -0.137. The van der Waals surface area contributed by atoms with Crippen molar-refractivity contribution in [2.24, 2.45) is 17.3 Å². The number of aryl methyl sites for hydroxylation is 1. The Kier molecular flexibility index (Phi) is 9.43. The fourth-order valence-electron chi connectivity index (χ4n) is 6.81. The Morgan fingerprint density at radius 1 is 1.09 bits per heavy atom. The lowest BCUT2D eigenvalue weighted by Crippen LogP contribution is -2.43. The highest BCUT2D eigenvalue weighted by Gasteiger charge is 2.54. The zero-order chi connectivity index (χ0) is 23.8. The topological polar surface area (TPSA) is 77.8 Å². The highest BCUT2D eigenvalue weighted by molar-refractivity contribution is 5.66. The van der Waals surface area contributed by atoms with E-state index in [0.29, 0.717) is 24.0 Å². The molecule has 1 unspecified atom stereocenters. The number of aliphatic hydroxyl groups excluding tert-OH is 1. The van der Waals surface area contributed by atoms with Crippen molar-refractivity contribution in [3.05, 3.63) is 42.0 Å². The molecule has 0 heterocycles. The predicted molar refractivity (Wildman–Crippen MR) is 133 cm³/mol. The minimum atomic E-state index is -0.674. The van der Waals surface area contributed by atoms with Crippen LogP contribution in [0.2, 0.25) is 0 Å². The molecule has 0 spiro atoms. The fourth-order valence-corrected chi connectivity index (χ4v) is 6.81. The minimum absolute atomic E-state index is 0.0883. The van der Waals surface area contributed by atoms with Gasteiger partial charge in [0.15, 0.2) is 0 Å². The molecule has 33 heavy (non-hydrogen) atoms. The van der Waals surface area contributed by atoms with Crippen molar-refractivity contribution in [3.63, 3.8) is 0 Å². The summed E-state index contributed by atoms with van der Waals surface area (Å²) in [5.74, 6) is 1.81. The number of carbonyl (C=O) groups is 1. The van der Waals surface area contributed by atoms with Crippen molar-refractivity contribution in [3.8, 4) is 5.75 Å². The molecule has 184 valence electrons. The molecule has 0 saturated heterocycles. The van der Waals surface area contributed by atoms with E-state index in [-0.39, 0.29) is 11.5 Å². The maximum absolute atomic E-state index is 10.4. The van der Waals surface area contributed by atoms with Crippen LogP contribution >= 0.6 is 0 Å². The average molecular weight is 457 g/mol. The molecule has 5 atom stereocenters. The van der Waals surface area contributed by atoms with E-state index in [1.165, 1.54) is 56.1 Å². The second kappa shape index (κ2) is 12.1. The molecular weight excluding hydrogens is 412 g/mol. The number of benzene rings is 1. The first-order valence-electron chi connectivity index (χ1n) is 13.2. The summed E-state index contributed by atoms with van der Waals surface area (Å²) < 4.78 is 0. The van der Waals surface area contributed by atoms with E-state index in [0.717, 1.165) is 44.4 Å². The number of rotatable bonds is 9. The number of aliphatic hydroxyl groups is 1. The third-order valence-corrected chi connectivity index (χ3v) is 8.71. The van der Waals surface area contributed by atoms with Crippen molar-refractivity contribution in [2.45, 2.75) is 109 Å². The van der Waals surface area contributed by atoms with Crippen molar-refractivity contribution in [2.75, 3.05) is 0 Å². The third-order valence-electron chi connectivity index (χ3n) is 8.71. The Labute approximate surface area is 200 Å². The fraction of sp³-hybridized carbons (Fsp3) is 0.690. The van der Waals surface area contributed by atoms with Crippen LogP contribution in [0, 0.1) is 17.3 Å². The third kappa shape index (κ3) is 6.41. The summed E-state index contributed by atoms with van der Waals surface area (Å²) >= 11 is 0. The summed E-state index contributed by atoms with van der Waals surface area (Å²) in [6.45, 7) is 5.98. The second-order valence-corrected chi connectivity index (χ2v) is 10.8. The van der Waals surface area contributed by atoms with Crippen molar-refractivity contribution >= 4 is 5.97 Å².